The van der Waals surface area contributed by atoms with Crippen LogP contribution in [0.5, 0.6) is 11.8 Å². The van der Waals surface area contributed by atoms with Gasteiger partial charge in [0.2, 0.25) is 0 Å². The van der Waals surface area contributed by atoms with Gasteiger partial charge in [0.05, 0.1) is 30.7 Å². The maximum atomic E-state index is 12.8. The van der Waals surface area contributed by atoms with Crippen LogP contribution in [0.3, 0.4) is 0 Å². The number of nitrogens with two attached hydrogens (primary N) is 2. The summed E-state index contributed by atoms with van der Waals surface area (Å²) in [5.74, 6) is -1.40. The molecule has 5 N–H and O–H groups in total. The van der Waals surface area contributed by atoms with E-state index in [0.717, 1.165) is 12.7 Å². The lowest BCUT2D eigenvalue weighted by Gasteiger charge is -2.24. The van der Waals surface area contributed by atoms with E-state index < -0.39 is 23.8 Å². The monoisotopic (exact) mass is 402 g/mol. The minimum atomic E-state index is -2.00. The van der Waals surface area contributed by atoms with Gasteiger partial charge in [0.15, 0.2) is 11.3 Å². The summed E-state index contributed by atoms with van der Waals surface area (Å²) in [6, 6.07) is 7.14. The van der Waals surface area contributed by atoms with Crippen molar-refractivity contribution >= 4 is 11.8 Å². The summed E-state index contributed by atoms with van der Waals surface area (Å²) in [7, 11) is 1.14. The number of hydrogen-bond acceptors (Lipinski definition) is 9. The first kappa shape index (κ1) is 22.3. The molecular formula is C20H26N4O5. The topological polar surface area (TPSA) is 151 Å². The van der Waals surface area contributed by atoms with Gasteiger partial charge in [0.25, 0.3) is 0 Å². The Balaban J connectivity index is 2.08. The Morgan fingerprint density at radius 1 is 1.21 bits per heavy atom. The highest BCUT2D eigenvalue weighted by atomic mass is 16.5. The Kier molecular flexibility index (Phi) is 7.24. The number of esters is 1. The summed E-state index contributed by atoms with van der Waals surface area (Å²) < 4.78 is 10.2. The van der Waals surface area contributed by atoms with Gasteiger partial charge in [-0.15, -0.1) is 0 Å². The maximum Gasteiger partial charge on any atom is 0.335 e. The Hall–Kier alpha value is -3.04. The standard InChI is InChI=1S/C20H26N4O5/c1-12-16(17(26)20(22,11-21)18(27)28-3)13(2)24-19(23-12)29-9-5-7-14-6-4-8-15(25)10-14/h4,6,8,10,25H,5,7,9,11,21-22H2,1-3H3. The second-order valence-corrected chi connectivity index (χ2v) is 6.67. The molecule has 156 valence electrons. The molecule has 0 saturated heterocycles. The zero-order chi connectivity index (χ0) is 21.6. The number of carbonyl (C=O) groups is 2. The van der Waals surface area contributed by atoms with Crippen molar-refractivity contribution in [3.05, 3.63) is 46.8 Å². The first-order valence-electron chi connectivity index (χ1n) is 9.11. The van der Waals surface area contributed by atoms with Crippen LogP contribution in [0, 0.1) is 13.8 Å². The normalized spacial score (nSPS) is 12.9. The smallest absolute Gasteiger partial charge is 0.335 e. The van der Waals surface area contributed by atoms with Gasteiger partial charge < -0.3 is 26.0 Å². The molecule has 1 unspecified atom stereocenters. The van der Waals surface area contributed by atoms with E-state index in [1.165, 1.54) is 0 Å². The molecule has 0 radical (unpaired) electrons. The average Bonchev–Trinajstić information content (AvgIpc) is 2.69. The van der Waals surface area contributed by atoms with E-state index in [0.29, 0.717) is 30.8 Å². The van der Waals surface area contributed by atoms with Crippen LogP contribution in [0.4, 0.5) is 0 Å². The predicted octanol–water partition coefficient (Wildman–Crippen LogP) is 0.823. The number of carbonyl (C=O) groups excluding carboxylic acids is 2. The lowest BCUT2D eigenvalue weighted by Crippen LogP contribution is -2.60. The Morgan fingerprint density at radius 2 is 1.86 bits per heavy atom. The van der Waals surface area contributed by atoms with Crippen LogP contribution in [0.25, 0.3) is 0 Å². The number of rotatable bonds is 9. The molecule has 0 aliphatic rings. The Bertz CT molecular complexity index is 879. The summed E-state index contributed by atoms with van der Waals surface area (Å²) in [4.78, 5) is 33.2. The van der Waals surface area contributed by atoms with Gasteiger partial charge in [0.1, 0.15) is 5.75 Å². The molecule has 0 fully saturated rings. The predicted molar refractivity (Wildman–Crippen MR) is 106 cm³/mol. The Labute approximate surface area is 169 Å². The SMILES string of the molecule is COC(=O)C(N)(CN)C(=O)c1c(C)nc(OCCCc2cccc(O)c2)nc1C. The number of phenols is 1. The number of ketones is 1. The Morgan fingerprint density at radius 3 is 2.41 bits per heavy atom. The molecule has 29 heavy (non-hydrogen) atoms. The van der Waals surface area contributed by atoms with Crippen molar-refractivity contribution in [3.8, 4) is 11.8 Å². The fourth-order valence-corrected chi connectivity index (χ4v) is 2.90. The van der Waals surface area contributed by atoms with Gasteiger partial charge in [-0.05, 0) is 44.4 Å². The number of ether oxygens (including phenoxy) is 2. The molecule has 0 amide bonds. The number of hydrogen-bond donors (Lipinski definition) is 3. The lowest BCUT2D eigenvalue weighted by molar-refractivity contribution is -0.144. The average molecular weight is 402 g/mol. The van der Waals surface area contributed by atoms with Crippen LogP contribution in [0.15, 0.2) is 24.3 Å². The van der Waals surface area contributed by atoms with E-state index >= 15 is 0 Å². The zero-order valence-corrected chi connectivity index (χ0v) is 16.8. The summed E-state index contributed by atoms with van der Waals surface area (Å²) in [5.41, 5.74) is 11.2. The molecule has 1 aromatic heterocycles. The van der Waals surface area contributed by atoms with E-state index in [9.17, 15) is 14.7 Å². The second kappa shape index (κ2) is 9.44. The molecule has 1 atom stereocenters. The largest absolute Gasteiger partial charge is 0.508 e. The van der Waals surface area contributed by atoms with E-state index in [2.05, 4.69) is 14.7 Å². The van der Waals surface area contributed by atoms with Crippen molar-refractivity contribution in [3.63, 3.8) is 0 Å². The molecule has 2 aromatic rings. The summed E-state index contributed by atoms with van der Waals surface area (Å²) in [6.45, 7) is 3.16. The molecular weight excluding hydrogens is 376 g/mol. The first-order chi connectivity index (χ1) is 13.7. The highest BCUT2D eigenvalue weighted by molar-refractivity contribution is 6.17. The fourth-order valence-electron chi connectivity index (χ4n) is 2.90. The van der Waals surface area contributed by atoms with Crippen LogP contribution in [0.2, 0.25) is 0 Å². The van der Waals surface area contributed by atoms with Gasteiger partial charge in [-0.25, -0.2) is 4.79 Å². The third-order valence-electron chi connectivity index (χ3n) is 4.51. The fraction of sp³-hybridized carbons (Fsp3) is 0.400. The lowest BCUT2D eigenvalue weighted by atomic mass is 9.89. The molecule has 2 rings (SSSR count). The van der Waals surface area contributed by atoms with Gasteiger partial charge in [0, 0.05) is 6.54 Å². The highest BCUT2D eigenvalue weighted by Crippen LogP contribution is 2.20. The number of aryl methyl sites for hydroxylation is 3. The van der Waals surface area contributed by atoms with Crippen LogP contribution >= 0.6 is 0 Å². The van der Waals surface area contributed by atoms with Crippen LogP contribution in [-0.4, -0.2) is 52.6 Å². The molecule has 0 spiro atoms. The third kappa shape index (κ3) is 5.07. The summed E-state index contributed by atoms with van der Waals surface area (Å²) >= 11 is 0. The zero-order valence-electron chi connectivity index (χ0n) is 16.8. The van der Waals surface area contributed by atoms with Gasteiger partial charge in [-0.3, -0.25) is 4.79 Å². The van der Waals surface area contributed by atoms with Crippen molar-refractivity contribution in [1.82, 2.24) is 9.97 Å². The minimum Gasteiger partial charge on any atom is -0.508 e. The molecule has 0 bridgehead atoms. The third-order valence-corrected chi connectivity index (χ3v) is 4.51. The van der Waals surface area contributed by atoms with E-state index in [1.807, 2.05) is 6.07 Å². The number of benzene rings is 1. The van der Waals surface area contributed by atoms with Crippen LogP contribution in [0.1, 0.15) is 33.7 Å². The van der Waals surface area contributed by atoms with Gasteiger partial charge in [-0.2, -0.15) is 9.97 Å². The van der Waals surface area contributed by atoms with Crippen molar-refractivity contribution in [2.45, 2.75) is 32.2 Å². The van der Waals surface area contributed by atoms with Crippen molar-refractivity contribution in [2.24, 2.45) is 11.5 Å². The number of phenolic OH excluding ortho intramolecular Hbond substituents is 1. The summed E-state index contributed by atoms with van der Waals surface area (Å²) in [5, 5.41) is 9.48. The first-order valence-corrected chi connectivity index (χ1v) is 9.11. The minimum absolute atomic E-state index is 0.121. The number of nitrogens with zero attached hydrogens (tertiary/aromatic N) is 2. The van der Waals surface area contributed by atoms with Crippen molar-refractivity contribution < 1.29 is 24.2 Å². The molecule has 1 heterocycles. The van der Waals surface area contributed by atoms with Crippen molar-refractivity contribution in [1.29, 1.82) is 0 Å². The van der Waals surface area contributed by atoms with Crippen LogP contribution in [-0.2, 0) is 16.0 Å². The number of methoxy groups -OCH3 is 1. The van der Waals surface area contributed by atoms with E-state index in [1.54, 1.807) is 32.0 Å². The second-order valence-electron chi connectivity index (χ2n) is 6.67. The van der Waals surface area contributed by atoms with Crippen molar-refractivity contribution in [2.75, 3.05) is 20.3 Å². The molecule has 1 aromatic carbocycles. The van der Waals surface area contributed by atoms with Gasteiger partial charge in [-0.1, -0.05) is 12.1 Å². The number of aromatic hydroxyl groups is 1. The van der Waals surface area contributed by atoms with E-state index in [-0.39, 0.29) is 17.3 Å². The summed E-state index contributed by atoms with van der Waals surface area (Å²) in [6.07, 6.45) is 1.40. The molecule has 9 nitrogen and oxygen atoms in total. The van der Waals surface area contributed by atoms with E-state index in [4.69, 9.17) is 16.2 Å². The molecule has 9 heteroatoms. The maximum absolute atomic E-state index is 12.8. The van der Waals surface area contributed by atoms with Crippen LogP contribution < -0.4 is 16.2 Å². The number of Topliss-reactive ketones (excluding diaryl/α,β-unsaturated/α-hetero) is 1. The number of aromatic nitrogens is 2. The van der Waals surface area contributed by atoms with Gasteiger partial charge >= 0.3 is 12.0 Å². The highest BCUT2D eigenvalue weighted by Gasteiger charge is 2.44. The molecule has 0 aliphatic carbocycles. The molecule has 0 saturated carbocycles. The quantitative estimate of drug-likeness (QED) is 0.240. The molecule has 0 aliphatic heterocycles.